The standard InChI is InChI=1S/C18H24N4O4S/c1-12-8-17(20-18(19-12)14-6-4-5-7-15(14)23)22-9-13(16(24)10-22)11-27(25,26)21(2)3/h4-8,13,16,23-24H,9-11H2,1-3H3. The minimum Gasteiger partial charge on any atom is -0.507 e. The van der Waals surface area contributed by atoms with Gasteiger partial charge in [-0.3, -0.25) is 0 Å². The largest absolute Gasteiger partial charge is 0.507 e. The Kier molecular flexibility index (Phi) is 5.36. The van der Waals surface area contributed by atoms with E-state index in [0.29, 0.717) is 30.3 Å². The number of hydrogen-bond donors (Lipinski definition) is 2. The molecule has 1 saturated heterocycles. The lowest BCUT2D eigenvalue weighted by Crippen LogP contribution is -2.33. The fourth-order valence-corrected chi connectivity index (χ4v) is 4.29. The van der Waals surface area contributed by atoms with Gasteiger partial charge in [-0.15, -0.1) is 0 Å². The number of benzene rings is 1. The second-order valence-corrected chi connectivity index (χ2v) is 9.23. The molecule has 0 saturated carbocycles. The molecule has 0 spiro atoms. The van der Waals surface area contributed by atoms with E-state index in [4.69, 9.17) is 0 Å². The Balaban J connectivity index is 1.86. The lowest BCUT2D eigenvalue weighted by atomic mass is 10.1. The van der Waals surface area contributed by atoms with E-state index in [2.05, 4.69) is 9.97 Å². The van der Waals surface area contributed by atoms with Gasteiger partial charge in [0.1, 0.15) is 11.6 Å². The molecule has 2 unspecified atom stereocenters. The fraction of sp³-hybridized carbons (Fsp3) is 0.444. The summed E-state index contributed by atoms with van der Waals surface area (Å²) in [6.07, 6.45) is -0.761. The van der Waals surface area contributed by atoms with E-state index in [1.165, 1.54) is 18.4 Å². The SMILES string of the molecule is Cc1cc(N2CC(O)C(CS(=O)(=O)N(C)C)C2)nc(-c2ccccc2O)n1. The van der Waals surface area contributed by atoms with Crippen LogP contribution >= 0.6 is 0 Å². The Hall–Kier alpha value is -2.23. The van der Waals surface area contributed by atoms with Crippen LogP contribution in [0, 0.1) is 12.8 Å². The third-order valence-corrected chi connectivity index (χ3v) is 6.66. The van der Waals surface area contributed by atoms with E-state index < -0.39 is 22.0 Å². The number of anilines is 1. The number of aliphatic hydroxyl groups is 1. The molecule has 1 fully saturated rings. The number of sulfonamides is 1. The van der Waals surface area contributed by atoms with Crippen molar-refractivity contribution >= 4 is 15.8 Å². The molecule has 2 heterocycles. The second kappa shape index (κ2) is 7.41. The number of phenolic OH excluding ortho intramolecular Hbond substituents is 1. The summed E-state index contributed by atoms with van der Waals surface area (Å²) in [7, 11) is -0.430. The number of hydrogen-bond acceptors (Lipinski definition) is 7. The van der Waals surface area contributed by atoms with Crippen LogP contribution in [0.25, 0.3) is 11.4 Å². The smallest absolute Gasteiger partial charge is 0.214 e. The minimum absolute atomic E-state index is 0.0884. The number of phenols is 1. The first kappa shape index (κ1) is 19.5. The van der Waals surface area contributed by atoms with E-state index in [-0.39, 0.29) is 11.5 Å². The quantitative estimate of drug-likeness (QED) is 0.777. The monoisotopic (exact) mass is 392 g/mol. The zero-order chi connectivity index (χ0) is 19.8. The third-order valence-electron chi connectivity index (χ3n) is 4.70. The Morgan fingerprint density at radius 3 is 2.59 bits per heavy atom. The van der Waals surface area contributed by atoms with Crippen molar-refractivity contribution in [2.75, 3.05) is 37.8 Å². The van der Waals surface area contributed by atoms with Crippen LogP contribution in [0.1, 0.15) is 5.69 Å². The van der Waals surface area contributed by atoms with Crippen LogP contribution in [0.2, 0.25) is 0 Å². The summed E-state index contributed by atoms with van der Waals surface area (Å²) in [6.45, 7) is 2.50. The summed E-state index contributed by atoms with van der Waals surface area (Å²) in [5.41, 5.74) is 1.24. The molecule has 8 nitrogen and oxygen atoms in total. The number of rotatable bonds is 5. The molecule has 0 bridgehead atoms. The summed E-state index contributed by atoms with van der Waals surface area (Å²) in [5.74, 6) is 0.562. The van der Waals surface area contributed by atoms with E-state index in [1.54, 1.807) is 30.3 Å². The van der Waals surface area contributed by atoms with Gasteiger partial charge in [0, 0.05) is 44.9 Å². The molecule has 1 aromatic carbocycles. The van der Waals surface area contributed by atoms with E-state index in [9.17, 15) is 18.6 Å². The Bertz CT molecular complexity index is 933. The van der Waals surface area contributed by atoms with E-state index >= 15 is 0 Å². The molecule has 0 aliphatic carbocycles. The molecule has 2 N–H and O–H groups in total. The van der Waals surface area contributed by atoms with Gasteiger partial charge < -0.3 is 15.1 Å². The van der Waals surface area contributed by atoms with Gasteiger partial charge in [-0.2, -0.15) is 0 Å². The van der Waals surface area contributed by atoms with Crippen LogP contribution in [0.5, 0.6) is 5.75 Å². The van der Waals surface area contributed by atoms with E-state index in [0.717, 1.165) is 5.69 Å². The average molecular weight is 392 g/mol. The van der Waals surface area contributed by atoms with Gasteiger partial charge in [0.15, 0.2) is 5.82 Å². The summed E-state index contributed by atoms with van der Waals surface area (Å²) < 4.78 is 25.5. The average Bonchev–Trinajstić information content (AvgIpc) is 2.95. The second-order valence-electron chi connectivity index (χ2n) is 7.00. The van der Waals surface area contributed by atoms with Crippen molar-refractivity contribution in [3.05, 3.63) is 36.0 Å². The maximum atomic E-state index is 12.1. The van der Waals surface area contributed by atoms with Crippen LogP contribution in [0.4, 0.5) is 5.82 Å². The molecular formula is C18H24N4O4S. The van der Waals surface area contributed by atoms with Crippen LogP contribution in [0.15, 0.2) is 30.3 Å². The van der Waals surface area contributed by atoms with Crippen molar-refractivity contribution in [2.24, 2.45) is 5.92 Å². The zero-order valence-corrected chi connectivity index (χ0v) is 16.4. The number of β-amino-alcohol motifs (C(OH)–C–C–N with tert-alkyl or cyclic N) is 1. The van der Waals surface area contributed by atoms with Gasteiger partial charge in [0.2, 0.25) is 10.0 Å². The fourth-order valence-electron chi connectivity index (χ4n) is 3.12. The molecule has 1 aromatic heterocycles. The van der Waals surface area contributed by atoms with Gasteiger partial charge in [0.05, 0.1) is 17.4 Å². The first-order chi connectivity index (χ1) is 12.7. The molecule has 2 aromatic rings. The normalized spacial score (nSPS) is 20.4. The summed E-state index contributed by atoms with van der Waals surface area (Å²) in [6, 6.07) is 8.62. The molecule has 9 heteroatoms. The van der Waals surface area contributed by atoms with Gasteiger partial charge >= 0.3 is 0 Å². The zero-order valence-electron chi connectivity index (χ0n) is 15.6. The highest BCUT2D eigenvalue weighted by Crippen LogP contribution is 2.30. The first-order valence-corrected chi connectivity index (χ1v) is 10.3. The lowest BCUT2D eigenvalue weighted by molar-refractivity contribution is 0.157. The van der Waals surface area contributed by atoms with Crippen molar-refractivity contribution in [3.8, 4) is 17.1 Å². The third kappa shape index (κ3) is 4.20. The molecule has 3 rings (SSSR count). The summed E-state index contributed by atoms with van der Waals surface area (Å²) >= 11 is 0. The van der Waals surface area contributed by atoms with Gasteiger partial charge in [-0.25, -0.2) is 22.7 Å². The molecular weight excluding hydrogens is 368 g/mol. The number of aromatic nitrogens is 2. The summed E-state index contributed by atoms with van der Waals surface area (Å²) in [5, 5.41) is 20.4. The number of aliphatic hydroxyl groups excluding tert-OH is 1. The minimum atomic E-state index is -3.40. The van der Waals surface area contributed by atoms with Crippen LogP contribution in [-0.2, 0) is 10.0 Å². The summed E-state index contributed by atoms with van der Waals surface area (Å²) in [4.78, 5) is 10.8. The highest BCUT2D eigenvalue weighted by molar-refractivity contribution is 7.89. The maximum absolute atomic E-state index is 12.1. The number of aromatic hydroxyl groups is 1. The van der Waals surface area contributed by atoms with Crippen molar-refractivity contribution in [3.63, 3.8) is 0 Å². The first-order valence-electron chi connectivity index (χ1n) is 8.64. The molecule has 1 aliphatic heterocycles. The molecule has 0 amide bonds. The van der Waals surface area contributed by atoms with Gasteiger partial charge in [-0.1, -0.05) is 12.1 Å². The highest BCUT2D eigenvalue weighted by atomic mass is 32.2. The molecule has 0 radical (unpaired) electrons. The predicted molar refractivity (Wildman–Crippen MR) is 103 cm³/mol. The molecule has 2 atom stereocenters. The molecule has 27 heavy (non-hydrogen) atoms. The number of nitrogens with zero attached hydrogens (tertiary/aromatic N) is 4. The van der Waals surface area contributed by atoms with Crippen molar-refractivity contribution in [1.29, 1.82) is 0 Å². The highest BCUT2D eigenvalue weighted by Gasteiger charge is 2.36. The van der Waals surface area contributed by atoms with Crippen LogP contribution in [-0.4, -0.2) is 71.9 Å². The van der Waals surface area contributed by atoms with Crippen LogP contribution in [0.3, 0.4) is 0 Å². The Morgan fingerprint density at radius 2 is 1.93 bits per heavy atom. The Labute approximate surface area is 159 Å². The number of aryl methyl sites for hydroxylation is 1. The maximum Gasteiger partial charge on any atom is 0.214 e. The number of para-hydroxylation sites is 1. The topological polar surface area (TPSA) is 107 Å². The Morgan fingerprint density at radius 1 is 1.22 bits per heavy atom. The van der Waals surface area contributed by atoms with Crippen LogP contribution < -0.4 is 4.90 Å². The van der Waals surface area contributed by atoms with E-state index in [1.807, 2.05) is 11.8 Å². The predicted octanol–water partition coefficient (Wildman–Crippen LogP) is 0.846. The van der Waals surface area contributed by atoms with Crippen molar-refractivity contribution in [2.45, 2.75) is 13.0 Å². The van der Waals surface area contributed by atoms with Gasteiger partial charge in [0.25, 0.3) is 0 Å². The lowest BCUT2D eigenvalue weighted by Gasteiger charge is -2.19. The van der Waals surface area contributed by atoms with Crippen molar-refractivity contribution < 1.29 is 18.6 Å². The molecule has 1 aliphatic rings. The van der Waals surface area contributed by atoms with Gasteiger partial charge in [-0.05, 0) is 19.1 Å². The molecule has 146 valence electrons. The van der Waals surface area contributed by atoms with Crippen molar-refractivity contribution in [1.82, 2.24) is 14.3 Å².